The van der Waals surface area contributed by atoms with Gasteiger partial charge in [-0.3, -0.25) is 24.0 Å². The largest absolute Gasteiger partial charge is 0.480 e. The molecule has 0 aromatic carbocycles. The minimum atomic E-state index is -1.17. The van der Waals surface area contributed by atoms with Crippen LogP contribution in [0.5, 0.6) is 0 Å². The molecule has 11 heteroatoms. The molecule has 2 aliphatic rings. The van der Waals surface area contributed by atoms with Gasteiger partial charge in [-0.15, -0.1) is 0 Å². The molecule has 2 fully saturated rings. The molecular formula is C16H25N5O6. The van der Waals surface area contributed by atoms with E-state index in [2.05, 4.69) is 5.32 Å². The van der Waals surface area contributed by atoms with Crippen LogP contribution in [0.4, 0.5) is 0 Å². The maximum Gasteiger partial charge on any atom is 0.322 e. The topological polar surface area (TPSA) is 176 Å². The van der Waals surface area contributed by atoms with Gasteiger partial charge in [0, 0.05) is 13.1 Å². The van der Waals surface area contributed by atoms with E-state index in [0.717, 1.165) is 0 Å². The second kappa shape index (κ2) is 8.80. The normalized spacial score (nSPS) is 23.1. The predicted octanol–water partition coefficient (Wildman–Crippen LogP) is -2.63. The Morgan fingerprint density at radius 1 is 1.04 bits per heavy atom. The molecule has 3 unspecified atom stereocenters. The van der Waals surface area contributed by atoms with Gasteiger partial charge in [0.2, 0.25) is 23.6 Å². The van der Waals surface area contributed by atoms with Gasteiger partial charge in [-0.1, -0.05) is 0 Å². The van der Waals surface area contributed by atoms with Crippen LogP contribution in [0.25, 0.3) is 0 Å². The highest BCUT2D eigenvalue weighted by molar-refractivity contribution is 5.95. The number of aliphatic carboxylic acids is 1. The van der Waals surface area contributed by atoms with Crippen molar-refractivity contribution in [3.63, 3.8) is 0 Å². The summed E-state index contributed by atoms with van der Waals surface area (Å²) in [5.74, 6) is -3.27. The zero-order valence-corrected chi connectivity index (χ0v) is 14.9. The molecule has 2 rings (SSSR count). The summed E-state index contributed by atoms with van der Waals surface area (Å²) in [6.07, 6.45) is 1.78. The van der Waals surface area contributed by atoms with E-state index in [1.807, 2.05) is 0 Å². The van der Waals surface area contributed by atoms with Crippen molar-refractivity contribution >= 4 is 29.6 Å². The molecule has 0 aliphatic carbocycles. The van der Waals surface area contributed by atoms with E-state index in [1.54, 1.807) is 0 Å². The maximum atomic E-state index is 13.0. The number of likely N-dealkylation sites (tertiary alicyclic amines) is 2. The summed E-state index contributed by atoms with van der Waals surface area (Å²) in [6, 6.07) is -2.61. The molecule has 6 N–H and O–H groups in total. The summed E-state index contributed by atoms with van der Waals surface area (Å²) < 4.78 is 0. The molecule has 0 aromatic rings. The lowest BCUT2D eigenvalue weighted by Gasteiger charge is -2.31. The number of carboxylic acids is 1. The number of nitrogens with zero attached hydrogens (tertiary/aromatic N) is 2. The van der Waals surface area contributed by atoms with E-state index >= 15 is 0 Å². The predicted molar refractivity (Wildman–Crippen MR) is 91.9 cm³/mol. The lowest BCUT2D eigenvalue weighted by atomic mass is 10.1. The van der Waals surface area contributed by atoms with Crippen LogP contribution in [-0.4, -0.2) is 82.3 Å². The Balaban J connectivity index is 2.05. The van der Waals surface area contributed by atoms with Gasteiger partial charge in [-0.25, -0.2) is 0 Å². The summed E-state index contributed by atoms with van der Waals surface area (Å²) in [7, 11) is 0. The number of amides is 4. The van der Waals surface area contributed by atoms with Crippen molar-refractivity contribution in [2.24, 2.45) is 11.5 Å². The number of nitrogens with one attached hydrogen (secondary N) is 1. The fourth-order valence-corrected chi connectivity index (χ4v) is 3.58. The lowest BCUT2D eigenvalue weighted by Crippen LogP contribution is -2.55. The van der Waals surface area contributed by atoms with Crippen LogP contribution in [0.1, 0.15) is 32.1 Å². The first-order chi connectivity index (χ1) is 12.7. The van der Waals surface area contributed by atoms with Crippen molar-refractivity contribution in [3.05, 3.63) is 0 Å². The summed E-state index contributed by atoms with van der Waals surface area (Å²) in [5, 5.41) is 11.0. The van der Waals surface area contributed by atoms with Gasteiger partial charge >= 0.3 is 5.97 Å². The molecule has 0 radical (unpaired) electrons. The zero-order chi connectivity index (χ0) is 20.1. The lowest BCUT2D eigenvalue weighted by molar-refractivity contribution is -0.147. The van der Waals surface area contributed by atoms with Crippen LogP contribution in [0.3, 0.4) is 0 Å². The highest BCUT2D eigenvalue weighted by Gasteiger charge is 2.42. The van der Waals surface area contributed by atoms with Crippen molar-refractivity contribution in [1.29, 1.82) is 0 Å². The van der Waals surface area contributed by atoms with Gasteiger partial charge in [-0.2, -0.15) is 0 Å². The number of rotatable bonds is 7. The van der Waals surface area contributed by atoms with Gasteiger partial charge in [0.25, 0.3) is 0 Å². The summed E-state index contributed by atoms with van der Waals surface area (Å²) in [6.45, 7) is 0.175. The molecule has 2 heterocycles. The van der Waals surface area contributed by atoms with Crippen molar-refractivity contribution in [1.82, 2.24) is 15.1 Å². The number of hydrogen-bond acceptors (Lipinski definition) is 6. The van der Waals surface area contributed by atoms with Gasteiger partial charge in [0.1, 0.15) is 18.6 Å². The number of carboxylic acid groups (broad SMARTS) is 1. The third-order valence-electron chi connectivity index (χ3n) is 4.81. The number of carbonyl (C=O) groups is 5. The number of primary amides is 1. The Kier molecular flexibility index (Phi) is 6.72. The number of carbonyl (C=O) groups excluding carboxylic acids is 4. The fourth-order valence-electron chi connectivity index (χ4n) is 3.58. The Morgan fingerprint density at radius 2 is 1.63 bits per heavy atom. The fraction of sp³-hybridized carbons (Fsp3) is 0.688. The molecule has 0 spiro atoms. The van der Waals surface area contributed by atoms with Crippen LogP contribution in [0.2, 0.25) is 0 Å². The second-order valence-electron chi connectivity index (χ2n) is 6.77. The summed E-state index contributed by atoms with van der Waals surface area (Å²) in [5.41, 5.74) is 10.8. The smallest absolute Gasteiger partial charge is 0.322 e. The monoisotopic (exact) mass is 383 g/mol. The Bertz CT molecular complexity index is 639. The average Bonchev–Trinajstić information content (AvgIpc) is 3.26. The molecular weight excluding hydrogens is 358 g/mol. The van der Waals surface area contributed by atoms with E-state index < -0.39 is 48.4 Å². The van der Waals surface area contributed by atoms with Crippen LogP contribution in [0.15, 0.2) is 0 Å². The first-order valence-corrected chi connectivity index (χ1v) is 8.86. The van der Waals surface area contributed by atoms with Gasteiger partial charge in [0.15, 0.2) is 0 Å². The zero-order valence-electron chi connectivity index (χ0n) is 14.9. The van der Waals surface area contributed by atoms with E-state index in [1.165, 1.54) is 9.80 Å². The molecule has 11 nitrogen and oxygen atoms in total. The van der Waals surface area contributed by atoms with Crippen LogP contribution in [0, 0.1) is 0 Å². The van der Waals surface area contributed by atoms with Gasteiger partial charge < -0.3 is 31.7 Å². The van der Waals surface area contributed by atoms with Gasteiger partial charge in [-0.05, 0) is 25.7 Å². The van der Waals surface area contributed by atoms with Crippen molar-refractivity contribution < 1.29 is 29.1 Å². The third-order valence-corrected chi connectivity index (χ3v) is 4.81. The average molecular weight is 383 g/mol. The Morgan fingerprint density at radius 3 is 2.22 bits per heavy atom. The molecule has 0 aromatic heterocycles. The number of hydrogen-bond donors (Lipinski definition) is 4. The molecule has 150 valence electrons. The Labute approximate surface area is 156 Å². The van der Waals surface area contributed by atoms with E-state index in [9.17, 15) is 24.0 Å². The summed E-state index contributed by atoms with van der Waals surface area (Å²) >= 11 is 0. The second-order valence-corrected chi connectivity index (χ2v) is 6.77. The minimum Gasteiger partial charge on any atom is -0.480 e. The SMILES string of the molecule is NC(=O)CC(N)C(=O)N1CCCC1C(=O)N1CCCC1C(=O)NCC(=O)O. The quantitative estimate of drug-likeness (QED) is 0.371. The highest BCUT2D eigenvalue weighted by atomic mass is 16.4. The van der Waals surface area contributed by atoms with Crippen LogP contribution < -0.4 is 16.8 Å². The molecule has 0 saturated carbocycles. The van der Waals surface area contributed by atoms with Gasteiger partial charge in [0.05, 0.1) is 12.5 Å². The maximum absolute atomic E-state index is 13.0. The molecule has 27 heavy (non-hydrogen) atoms. The van der Waals surface area contributed by atoms with E-state index in [-0.39, 0.29) is 12.3 Å². The minimum absolute atomic E-state index is 0.305. The Hall–Kier alpha value is -2.69. The van der Waals surface area contributed by atoms with E-state index in [4.69, 9.17) is 16.6 Å². The first kappa shape index (κ1) is 20.6. The van der Waals surface area contributed by atoms with Crippen molar-refractivity contribution in [3.8, 4) is 0 Å². The molecule has 2 aliphatic heterocycles. The summed E-state index contributed by atoms with van der Waals surface area (Å²) in [4.78, 5) is 62.0. The van der Waals surface area contributed by atoms with Crippen LogP contribution in [-0.2, 0) is 24.0 Å². The van der Waals surface area contributed by atoms with E-state index in [0.29, 0.717) is 38.8 Å². The first-order valence-electron chi connectivity index (χ1n) is 8.86. The number of nitrogens with two attached hydrogens (primary N) is 2. The molecule has 3 atom stereocenters. The standard InChI is InChI=1S/C16H25N5O6/c17-9(7-12(18)22)15(26)21-6-2-4-11(21)16(27)20-5-1-3-10(20)14(25)19-8-13(23)24/h9-11H,1-8,17H2,(H2,18,22)(H,19,25)(H,23,24). The molecule has 2 saturated heterocycles. The van der Waals surface area contributed by atoms with Crippen LogP contribution >= 0.6 is 0 Å². The molecule has 0 bridgehead atoms. The third kappa shape index (κ3) is 4.94. The van der Waals surface area contributed by atoms with Crippen molar-refractivity contribution in [2.75, 3.05) is 19.6 Å². The van der Waals surface area contributed by atoms with Crippen molar-refractivity contribution in [2.45, 2.75) is 50.2 Å². The molecule has 4 amide bonds. The highest BCUT2D eigenvalue weighted by Crippen LogP contribution is 2.25.